The van der Waals surface area contributed by atoms with Crippen molar-refractivity contribution in [2.75, 3.05) is 20.4 Å². The summed E-state index contributed by atoms with van der Waals surface area (Å²) in [6.45, 7) is 5.81. The Morgan fingerprint density at radius 1 is 0.459 bits per heavy atom. The molecule has 0 aliphatic carbocycles. The van der Waals surface area contributed by atoms with Crippen LogP contribution in [0.1, 0.15) is 141 Å². The molecule has 0 spiro atoms. The molecule has 2 unspecified atom stereocenters. The van der Waals surface area contributed by atoms with Gasteiger partial charge in [-0.1, -0.05) is 177 Å². The summed E-state index contributed by atoms with van der Waals surface area (Å²) >= 11 is 0. The zero-order valence-corrected chi connectivity index (χ0v) is 40.2. The maximum atomic E-state index is 11.8. The Balaban J connectivity index is 0.000000264. The van der Waals surface area contributed by atoms with E-state index in [1.54, 1.807) is 12.1 Å². The average Bonchev–Trinajstić information content (AvgIpc) is 3.76. The van der Waals surface area contributed by atoms with Gasteiger partial charge in [0.15, 0.2) is 0 Å². The zero-order chi connectivity index (χ0) is 42.8. The fourth-order valence-electron chi connectivity index (χ4n) is 8.40. The number of anilines is 4. The molecule has 2 heterocycles. The molecule has 61 heavy (non-hydrogen) atoms. The fraction of sp³-hybridized carbons (Fsp3) is 0.500. The summed E-state index contributed by atoms with van der Waals surface area (Å²) in [5, 5.41) is 6.69. The van der Waals surface area contributed by atoms with Gasteiger partial charge in [0.05, 0.1) is 44.9 Å². The van der Waals surface area contributed by atoms with Crippen LogP contribution < -0.4 is 20.4 Å². The maximum Gasteiger partial charge on any atom is 2.00 e. The van der Waals surface area contributed by atoms with Crippen molar-refractivity contribution in [1.82, 2.24) is 0 Å². The van der Waals surface area contributed by atoms with Crippen LogP contribution in [0, 0.1) is 0 Å². The Labute approximate surface area is 396 Å². The minimum absolute atomic E-state index is 0. The number of para-hydroxylation sites is 2. The molecule has 2 atom stereocenters. The summed E-state index contributed by atoms with van der Waals surface area (Å²) in [7, 11) is -9.05. The second-order valence-electron chi connectivity index (χ2n) is 16.3. The van der Waals surface area contributed by atoms with Crippen LogP contribution in [-0.4, -0.2) is 76.0 Å². The molecule has 0 amide bonds. The van der Waals surface area contributed by atoms with Gasteiger partial charge in [0.2, 0.25) is 0 Å². The fourth-order valence-corrected chi connectivity index (χ4v) is 9.72. The van der Waals surface area contributed by atoms with Crippen LogP contribution in [0.25, 0.3) is 0 Å². The number of fused-ring (bicyclic) bond motifs is 2. The molecule has 2 aliphatic rings. The van der Waals surface area contributed by atoms with Crippen molar-refractivity contribution in [2.45, 2.75) is 165 Å². The van der Waals surface area contributed by atoms with Gasteiger partial charge in [-0.15, -0.1) is 0 Å². The molecule has 10 nitrogen and oxygen atoms in total. The van der Waals surface area contributed by atoms with Gasteiger partial charge >= 0.3 is 37.7 Å². The number of nitrogens with one attached hydrogen (secondary N) is 2. The summed E-state index contributed by atoms with van der Waals surface area (Å²) in [5.41, 5.74) is 4.80. The van der Waals surface area contributed by atoms with Crippen molar-refractivity contribution in [1.29, 1.82) is 0 Å². The average molecular weight is 899 g/mol. The molecule has 0 aromatic heterocycles. The van der Waals surface area contributed by atoms with E-state index < -0.39 is 20.2 Å². The molecule has 2 aliphatic heterocycles. The summed E-state index contributed by atoms with van der Waals surface area (Å²) < 4.78 is 70.5. The molecule has 0 radical (unpaired) electrons. The first-order valence-corrected chi connectivity index (χ1v) is 25.1. The van der Waals surface area contributed by atoms with Crippen LogP contribution in [0.2, 0.25) is 0 Å². The Bertz CT molecular complexity index is 1960. The smallest absolute Gasteiger partial charge is 0.744 e. The molecule has 0 saturated heterocycles. The molecule has 328 valence electrons. The molecule has 6 rings (SSSR count). The zero-order valence-electron chi connectivity index (χ0n) is 36.4. The Morgan fingerprint density at radius 2 is 0.787 bits per heavy atom. The Kier molecular flexibility index (Phi) is 21.7. The van der Waals surface area contributed by atoms with Gasteiger partial charge in [-0.05, 0) is 61.1 Å². The number of benzene rings is 4. The first-order chi connectivity index (χ1) is 29.0. The van der Waals surface area contributed by atoms with Gasteiger partial charge in [-0.3, -0.25) is 0 Å². The third-order valence-corrected chi connectivity index (χ3v) is 13.4. The van der Waals surface area contributed by atoms with Crippen LogP contribution in [0.15, 0.2) is 107 Å². The van der Waals surface area contributed by atoms with Gasteiger partial charge in [-0.25, -0.2) is 16.8 Å². The van der Waals surface area contributed by atoms with E-state index in [0.29, 0.717) is 24.5 Å². The monoisotopic (exact) mass is 898 g/mol. The maximum absolute atomic E-state index is 11.8. The van der Waals surface area contributed by atoms with E-state index in [2.05, 4.69) is 58.5 Å². The van der Waals surface area contributed by atoms with Crippen LogP contribution in [0.4, 0.5) is 22.7 Å². The molecule has 2 N–H and O–H groups in total. The molecule has 0 bridgehead atoms. The van der Waals surface area contributed by atoms with Gasteiger partial charge in [0, 0.05) is 13.1 Å². The van der Waals surface area contributed by atoms with Crippen LogP contribution >= 0.6 is 0 Å². The third-order valence-electron chi connectivity index (χ3n) is 11.6. The van der Waals surface area contributed by atoms with Crippen LogP contribution in [-0.2, 0) is 33.3 Å². The number of nitrogens with zero attached hydrogens (tertiary/aromatic N) is 2. The van der Waals surface area contributed by atoms with E-state index >= 15 is 0 Å². The van der Waals surface area contributed by atoms with Gasteiger partial charge < -0.3 is 29.5 Å². The van der Waals surface area contributed by atoms with Crippen LogP contribution in [0.3, 0.4) is 0 Å². The van der Waals surface area contributed by atoms with Crippen molar-refractivity contribution >= 4 is 80.7 Å². The van der Waals surface area contributed by atoms with E-state index in [1.165, 1.54) is 102 Å². The molecule has 0 fully saturated rings. The molecule has 4 aromatic rings. The second-order valence-corrected chi connectivity index (χ2v) is 19.0. The molecule has 4 aromatic carbocycles. The van der Waals surface area contributed by atoms with E-state index in [1.807, 2.05) is 48.5 Å². The predicted octanol–water partition coefficient (Wildman–Crippen LogP) is 11.4. The van der Waals surface area contributed by atoms with Crippen molar-refractivity contribution in [3.05, 3.63) is 108 Å². The number of hydrogen-bond acceptors (Lipinski definition) is 10. The summed E-state index contributed by atoms with van der Waals surface area (Å²) in [4.78, 5) is 4.08. The van der Waals surface area contributed by atoms with Gasteiger partial charge in [0.1, 0.15) is 20.2 Å². The van der Waals surface area contributed by atoms with E-state index in [-0.39, 0.29) is 59.9 Å². The van der Waals surface area contributed by atoms with Crippen LogP contribution in [0.5, 0.6) is 0 Å². The van der Waals surface area contributed by atoms with Crippen molar-refractivity contribution < 1.29 is 25.9 Å². The first-order valence-electron chi connectivity index (χ1n) is 22.3. The second kappa shape index (κ2) is 26.1. The first kappa shape index (κ1) is 50.8. The topological polar surface area (TPSA) is 145 Å². The quantitative estimate of drug-likeness (QED) is 0.0396. The summed E-state index contributed by atoms with van der Waals surface area (Å²) in [5.74, 6) is 0. The SMILES string of the molecule is CCCCCCCCCCC1Nc2c(cccc2S(=O)(=O)[O-])N1Cc1ccccc1.CCCCCCCCCCC1Nc2c(cccc2S(=O)(=O)[O-])N1Cc1ccccc1.[Ca+2]. The number of hydrogen-bond donors (Lipinski definition) is 2. The molecule has 0 saturated carbocycles. The molecular formula is C48H66CaN4O6S2. The minimum atomic E-state index is -4.53. The standard InChI is InChI=1S/2C24H34N2O3S.Ca/c2*1-2-3-4-5-6-7-8-12-18-23-25-24-21(16-13-17-22(24)30(27,28)29)26(23)19-20-14-10-9-11-15-20;/h2*9-11,13-17,23,25H,2-8,12,18-19H2,1H3,(H,27,28,29);/q;;+2/p-2. The van der Waals surface area contributed by atoms with Crippen molar-refractivity contribution in [3.8, 4) is 0 Å². The molecular weight excluding hydrogens is 833 g/mol. The summed E-state index contributed by atoms with van der Waals surface area (Å²) in [6.07, 6.45) is 21.8. The van der Waals surface area contributed by atoms with Gasteiger partial charge in [-0.2, -0.15) is 0 Å². The molecule has 13 heteroatoms. The van der Waals surface area contributed by atoms with Crippen molar-refractivity contribution in [3.63, 3.8) is 0 Å². The number of rotatable bonds is 24. The normalized spacial score (nSPS) is 15.5. The van der Waals surface area contributed by atoms with Gasteiger partial charge in [0.25, 0.3) is 0 Å². The summed E-state index contributed by atoms with van der Waals surface area (Å²) in [6, 6.07) is 30.2. The Hall–Kier alpha value is -2.84. The van der Waals surface area contributed by atoms with E-state index in [4.69, 9.17) is 0 Å². The van der Waals surface area contributed by atoms with Crippen molar-refractivity contribution in [2.24, 2.45) is 0 Å². The predicted molar refractivity (Wildman–Crippen MR) is 249 cm³/mol. The largest absolute Gasteiger partial charge is 2.00 e. The minimum Gasteiger partial charge on any atom is -0.744 e. The van der Waals surface area contributed by atoms with E-state index in [9.17, 15) is 25.9 Å². The van der Waals surface area contributed by atoms with E-state index in [0.717, 1.165) is 48.2 Å². The number of unbranched alkanes of at least 4 members (excludes halogenated alkanes) is 14. The Morgan fingerprint density at radius 3 is 1.11 bits per heavy atom. The third kappa shape index (κ3) is 15.7.